The van der Waals surface area contributed by atoms with E-state index in [1.54, 1.807) is 6.92 Å². The fourth-order valence-corrected chi connectivity index (χ4v) is 2.28. The molecule has 86 valence electrons. The van der Waals surface area contributed by atoms with Crippen LogP contribution in [0.4, 0.5) is 4.48 Å². The monoisotopic (exact) mass is 225 g/mol. The first-order chi connectivity index (χ1) is 6.54. The van der Waals surface area contributed by atoms with Gasteiger partial charge in [0.15, 0.2) is 0 Å². The van der Waals surface area contributed by atoms with Crippen molar-refractivity contribution in [1.29, 1.82) is 0 Å². The van der Waals surface area contributed by atoms with Gasteiger partial charge in [0.1, 0.15) is 0 Å². The summed E-state index contributed by atoms with van der Waals surface area (Å²) in [7, 11) is -3.63. The van der Waals surface area contributed by atoms with Crippen LogP contribution >= 0.6 is 0 Å². The van der Waals surface area contributed by atoms with E-state index in [-0.39, 0.29) is 16.8 Å². The number of nitrogens with zero attached hydrogens (tertiary/aromatic N) is 1. The number of hydrogen-bond donors (Lipinski definition) is 0. The van der Waals surface area contributed by atoms with E-state index >= 15 is 0 Å². The van der Waals surface area contributed by atoms with Gasteiger partial charge >= 0.3 is 0 Å². The van der Waals surface area contributed by atoms with Gasteiger partial charge in [0.25, 0.3) is 0 Å². The van der Waals surface area contributed by atoms with Gasteiger partial charge in [-0.25, -0.2) is 8.42 Å². The first kappa shape index (κ1) is 13.8. The average molecular weight is 225 g/mol. The lowest BCUT2D eigenvalue weighted by Gasteiger charge is -2.11. The van der Waals surface area contributed by atoms with Crippen molar-refractivity contribution < 1.29 is 12.9 Å². The number of rotatable bonds is 8. The van der Waals surface area contributed by atoms with E-state index in [9.17, 15) is 12.9 Å². The molecule has 0 aromatic rings. The van der Waals surface area contributed by atoms with E-state index in [0.29, 0.717) is 12.8 Å². The van der Waals surface area contributed by atoms with Crippen molar-refractivity contribution in [2.24, 2.45) is 0 Å². The van der Waals surface area contributed by atoms with Crippen LogP contribution in [0.15, 0.2) is 0 Å². The van der Waals surface area contributed by atoms with E-state index in [1.807, 2.05) is 0 Å². The minimum Gasteiger partial charge on any atom is -0.210 e. The molecule has 3 nitrogen and oxygen atoms in total. The average Bonchev–Trinajstić information content (AvgIpc) is 2.12. The van der Waals surface area contributed by atoms with Gasteiger partial charge in [-0.15, -0.1) is 4.48 Å². The zero-order chi connectivity index (χ0) is 11.0. The molecule has 0 rings (SSSR count). The highest BCUT2D eigenvalue weighted by atomic mass is 32.2. The minimum absolute atomic E-state index is 0.00231. The van der Waals surface area contributed by atoms with Gasteiger partial charge in [0, 0.05) is 6.54 Å². The van der Waals surface area contributed by atoms with E-state index in [4.69, 9.17) is 0 Å². The second-order valence-corrected chi connectivity index (χ2v) is 5.36. The largest absolute Gasteiger partial charge is 0.240 e. The third-order valence-corrected chi connectivity index (χ3v) is 3.66. The summed E-state index contributed by atoms with van der Waals surface area (Å²) in [4.78, 5) is 0. The molecule has 0 aromatic carbocycles. The van der Waals surface area contributed by atoms with Crippen LogP contribution in [0, 0.1) is 0 Å². The molecule has 0 aliphatic carbocycles. The van der Waals surface area contributed by atoms with Crippen molar-refractivity contribution in [3.8, 4) is 0 Å². The zero-order valence-corrected chi connectivity index (χ0v) is 9.82. The Kier molecular flexibility index (Phi) is 7.09. The van der Waals surface area contributed by atoms with E-state index in [2.05, 4.69) is 6.92 Å². The molecule has 0 atom stereocenters. The highest BCUT2D eigenvalue weighted by molar-refractivity contribution is 7.88. The molecule has 0 bridgehead atoms. The summed E-state index contributed by atoms with van der Waals surface area (Å²) in [6, 6.07) is 0. The first-order valence-corrected chi connectivity index (χ1v) is 6.81. The molecule has 0 amide bonds. The Hall–Kier alpha value is -0.160. The molecule has 0 unspecified atom stereocenters. The standard InChI is InChI=1S/C9H20FNO2S/c1-3-5-6-7-8-11(10)14(12,13)9-4-2/h3-9H2,1-2H3. The van der Waals surface area contributed by atoms with Crippen LogP contribution in [0.1, 0.15) is 46.0 Å². The van der Waals surface area contributed by atoms with E-state index < -0.39 is 10.0 Å². The summed E-state index contributed by atoms with van der Waals surface area (Å²) < 4.78 is 35.3. The molecule has 0 heterocycles. The maximum Gasteiger partial charge on any atom is 0.240 e. The lowest BCUT2D eigenvalue weighted by molar-refractivity contribution is 0.136. The number of unbranched alkanes of at least 4 members (excludes halogenated alkanes) is 3. The van der Waals surface area contributed by atoms with Gasteiger partial charge in [-0.05, 0) is 17.4 Å². The second kappa shape index (κ2) is 7.17. The molecule has 0 saturated carbocycles. The second-order valence-electron chi connectivity index (χ2n) is 3.39. The Labute approximate surface area is 86.3 Å². The van der Waals surface area contributed by atoms with Gasteiger partial charge in [0.2, 0.25) is 10.0 Å². The van der Waals surface area contributed by atoms with Crippen LogP contribution in [0.25, 0.3) is 0 Å². The Balaban J connectivity index is 3.78. The van der Waals surface area contributed by atoms with Gasteiger partial charge in [-0.2, -0.15) is 0 Å². The highest BCUT2D eigenvalue weighted by Crippen LogP contribution is 2.07. The molecule has 0 saturated heterocycles. The van der Waals surface area contributed by atoms with Crippen molar-refractivity contribution in [2.45, 2.75) is 46.0 Å². The Bertz CT molecular complexity index is 229. The zero-order valence-electron chi connectivity index (χ0n) is 9.00. The maximum atomic E-state index is 13.0. The van der Waals surface area contributed by atoms with Gasteiger partial charge in [0.05, 0.1) is 5.75 Å². The molecule has 0 spiro atoms. The van der Waals surface area contributed by atoms with Crippen LogP contribution in [0.5, 0.6) is 0 Å². The van der Waals surface area contributed by atoms with Crippen molar-refractivity contribution in [1.82, 2.24) is 4.53 Å². The third kappa shape index (κ3) is 5.54. The number of sulfonamides is 1. The SMILES string of the molecule is CCCCCCN(F)S(=O)(=O)CCC. The molecular formula is C9H20FNO2S. The van der Waals surface area contributed by atoms with Crippen molar-refractivity contribution >= 4 is 10.0 Å². The molecule has 14 heavy (non-hydrogen) atoms. The molecule has 0 fully saturated rings. The van der Waals surface area contributed by atoms with Crippen LogP contribution in [0.2, 0.25) is 0 Å². The van der Waals surface area contributed by atoms with Gasteiger partial charge < -0.3 is 0 Å². The fraction of sp³-hybridized carbons (Fsp3) is 1.00. The summed E-state index contributed by atoms with van der Waals surface area (Å²) in [5.41, 5.74) is 0. The Morgan fingerprint density at radius 2 is 1.71 bits per heavy atom. The topological polar surface area (TPSA) is 37.4 Å². The highest BCUT2D eigenvalue weighted by Gasteiger charge is 2.19. The summed E-state index contributed by atoms with van der Waals surface area (Å²) in [5.74, 6) is -0.0999. The third-order valence-electron chi connectivity index (χ3n) is 1.95. The molecule has 0 radical (unpaired) electrons. The first-order valence-electron chi connectivity index (χ1n) is 5.20. The van der Waals surface area contributed by atoms with Crippen molar-refractivity contribution in [3.05, 3.63) is 0 Å². The normalized spacial score (nSPS) is 12.3. The van der Waals surface area contributed by atoms with E-state index in [0.717, 1.165) is 19.3 Å². The van der Waals surface area contributed by atoms with Crippen LogP contribution in [-0.4, -0.2) is 25.2 Å². The molecule has 0 aromatic heterocycles. The van der Waals surface area contributed by atoms with Gasteiger partial charge in [-0.3, -0.25) is 0 Å². The molecule has 0 aliphatic heterocycles. The van der Waals surface area contributed by atoms with Crippen LogP contribution < -0.4 is 0 Å². The summed E-state index contributed by atoms with van der Waals surface area (Å²) >= 11 is 0. The molecule has 0 aliphatic rings. The predicted octanol–water partition coefficient (Wildman–Crippen LogP) is 2.49. The van der Waals surface area contributed by atoms with Crippen LogP contribution in [-0.2, 0) is 10.0 Å². The van der Waals surface area contributed by atoms with Crippen molar-refractivity contribution in [3.63, 3.8) is 0 Å². The number of halogens is 1. The number of hydrogen-bond acceptors (Lipinski definition) is 2. The quantitative estimate of drug-likeness (QED) is 0.470. The lowest BCUT2D eigenvalue weighted by atomic mass is 10.2. The van der Waals surface area contributed by atoms with Crippen LogP contribution in [0.3, 0.4) is 0 Å². The maximum absolute atomic E-state index is 13.0. The molecule has 5 heteroatoms. The predicted molar refractivity (Wildman–Crippen MR) is 56.0 cm³/mol. The summed E-state index contributed by atoms with van der Waals surface area (Å²) in [6.45, 7) is 3.78. The lowest BCUT2D eigenvalue weighted by Crippen LogP contribution is -2.26. The van der Waals surface area contributed by atoms with Crippen molar-refractivity contribution in [2.75, 3.05) is 12.3 Å². The Morgan fingerprint density at radius 3 is 2.21 bits per heavy atom. The minimum atomic E-state index is -3.63. The fourth-order valence-electron chi connectivity index (χ4n) is 1.16. The molecular weight excluding hydrogens is 205 g/mol. The molecule has 0 N–H and O–H groups in total. The van der Waals surface area contributed by atoms with Gasteiger partial charge in [-0.1, -0.05) is 33.1 Å². The summed E-state index contributed by atoms with van der Waals surface area (Å²) in [6.07, 6.45) is 4.04. The summed E-state index contributed by atoms with van der Waals surface area (Å²) in [5, 5.41) is 0. The van der Waals surface area contributed by atoms with E-state index in [1.165, 1.54) is 0 Å². The Morgan fingerprint density at radius 1 is 1.07 bits per heavy atom. The smallest absolute Gasteiger partial charge is 0.210 e.